The highest BCUT2D eigenvalue weighted by Gasteiger charge is 2.00. The minimum absolute atomic E-state index is 0.374. The molecule has 2 rings (SSSR count). The summed E-state index contributed by atoms with van der Waals surface area (Å²) in [5, 5.41) is 8.72. The number of nitrogens with zero attached hydrogens (tertiary/aromatic N) is 3. The quantitative estimate of drug-likeness (QED) is 0.846. The second kappa shape index (κ2) is 4.73. The van der Waals surface area contributed by atoms with Crippen LogP contribution in [0.2, 0.25) is 0 Å². The van der Waals surface area contributed by atoms with Gasteiger partial charge < -0.3 is 4.74 Å². The number of aromatic nitrogens is 2. The van der Waals surface area contributed by atoms with Gasteiger partial charge in [-0.15, -0.1) is 0 Å². The van der Waals surface area contributed by atoms with E-state index in [1.807, 2.05) is 6.07 Å². The molecule has 0 aliphatic heterocycles. The first-order valence-corrected chi connectivity index (χ1v) is 5.22. The molecule has 0 spiro atoms. The van der Waals surface area contributed by atoms with Crippen LogP contribution in [0.1, 0.15) is 5.56 Å². The molecule has 0 N–H and O–H groups in total. The molecule has 78 valence electrons. The standard InChI is InChI=1S/C11H6BrN3O/c12-9-4-10(7-14-6-9)16-11-3-8(5-13)1-2-15-11/h1-4,6-7H. The Morgan fingerprint density at radius 1 is 1.31 bits per heavy atom. The lowest BCUT2D eigenvalue weighted by atomic mass is 10.3. The van der Waals surface area contributed by atoms with Crippen molar-refractivity contribution in [3.63, 3.8) is 0 Å². The van der Waals surface area contributed by atoms with Gasteiger partial charge in [-0.3, -0.25) is 4.98 Å². The molecule has 0 fully saturated rings. The van der Waals surface area contributed by atoms with Gasteiger partial charge in [0.1, 0.15) is 5.75 Å². The van der Waals surface area contributed by atoms with Crippen LogP contribution in [-0.2, 0) is 0 Å². The van der Waals surface area contributed by atoms with Gasteiger partial charge in [0.15, 0.2) is 0 Å². The molecule has 0 atom stereocenters. The van der Waals surface area contributed by atoms with Crippen LogP contribution in [0.4, 0.5) is 0 Å². The SMILES string of the molecule is N#Cc1ccnc(Oc2cncc(Br)c2)c1. The summed E-state index contributed by atoms with van der Waals surface area (Å²) in [5.41, 5.74) is 0.507. The second-order valence-corrected chi connectivity index (χ2v) is 3.85. The molecule has 0 amide bonds. The van der Waals surface area contributed by atoms with Crippen molar-refractivity contribution in [2.24, 2.45) is 0 Å². The lowest BCUT2D eigenvalue weighted by molar-refractivity contribution is 0.460. The normalized spacial score (nSPS) is 9.50. The van der Waals surface area contributed by atoms with Crippen molar-refractivity contribution in [3.05, 3.63) is 46.8 Å². The van der Waals surface area contributed by atoms with Gasteiger partial charge in [-0.1, -0.05) is 0 Å². The van der Waals surface area contributed by atoms with Gasteiger partial charge in [0.05, 0.1) is 17.8 Å². The molecule has 0 unspecified atom stereocenters. The zero-order valence-electron chi connectivity index (χ0n) is 8.09. The zero-order valence-corrected chi connectivity index (χ0v) is 9.68. The van der Waals surface area contributed by atoms with Crippen molar-refractivity contribution in [2.75, 3.05) is 0 Å². The predicted molar refractivity (Wildman–Crippen MR) is 61.0 cm³/mol. The summed E-state index contributed by atoms with van der Waals surface area (Å²) in [6, 6.07) is 6.98. The Hall–Kier alpha value is -1.93. The monoisotopic (exact) mass is 275 g/mol. The molecule has 2 heterocycles. The maximum absolute atomic E-state index is 8.72. The van der Waals surface area contributed by atoms with Crippen LogP contribution in [-0.4, -0.2) is 9.97 Å². The average Bonchev–Trinajstić information content (AvgIpc) is 2.29. The summed E-state index contributed by atoms with van der Waals surface area (Å²) in [4.78, 5) is 7.95. The topological polar surface area (TPSA) is 58.8 Å². The summed E-state index contributed by atoms with van der Waals surface area (Å²) in [5.74, 6) is 0.941. The minimum Gasteiger partial charge on any atom is -0.437 e. The van der Waals surface area contributed by atoms with Gasteiger partial charge in [-0.2, -0.15) is 5.26 Å². The lowest BCUT2D eigenvalue weighted by Gasteiger charge is -2.03. The van der Waals surface area contributed by atoms with E-state index < -0.39 is 0 Å². The molecule has 0 saturated carbocycles. The first kappa shape index (κ1) is 10.6. The van der Waals surface area contributed by atoms with E-state index in [4.69, 9.17) is 10.00 Å². The van der Waals surface area contributed by atoms with E-state index in [0.717, 1.165) is 4.47 Å². The van der Waals surface area contributed by atoms with Gasteiger partial charge in [0.2, 0.25) is 5.88 Å². The molecule has 2 aromatic rings. The Kier molecular flexibility index (Phi) is 3.13. The van der Waals surface area contributed by atoms with E-state index >= 15 is 0 Å². The Labute approximate surface area is 101 Å². The fourth-order valence-corrected chi connectivity index (χ4v) is 1.45. The lowest BCUT2D eigenvalue weighted by Crippen LogP contribution is -1.89. The minimum atomic E-state index is 0.374. The van der Waals surface area contributed by atoms with E-state index in [0.29, 0.717) is 17.2 Å². The average molecular weight is 276 g/mol. The molecular formula is C11H6BrN3O. The molecule has 0 radical (unpaired) electrons. The van der Waals surface area contributed by atoms with Crippen LogP contribution in [0.3, 0.4) is 0 Å². The third kappa shape index (κ3) is 2.55. The van der Waals surface area contributed by atoms with Crippen molar-refractivity contribution >= 4 is 15.9 Å². The van der Waals surface area contributed by atoms with Crippen molar-refractivity contribution < 1.29 is 4.74 Å². The van der Waals surface area contributed by atoms with Gasteiger partial charge >= 0.3 is 0 Å². The van der Waals surface area contributed by atoms with Crippen molar-refractivity contribution in [1.82, 2.24) is 9.97 Å². The maximum Gasteiger partial charge on any atom is 0.220 e. The molecule has 0 aliphatic rings. The highest BCUT2D eigenvalue weighted by molar-refractivity contribution is 9.10. The summed E-state index contributed by atoms with van der Waals surface area (Å²) in [6.45, 7) is 0. The number of ether oxygens (including phenoxy) is 1. The van der Waals surface area contributed by atoms with Crippen LogP contribution in [0.25, 0.3) is 0 Å². The maximum atomic E-state index is 8.72. The fourth-order valence-electron chi connectivity index (χ4n) is 1.10. The Balaban J connectivity index is 2.24. The van der Waals surface area contributed by atoms with Gasteiger partial charge in [-0.05, 0) is 28.1 Å². The fraction of sp³-hybridized carbons (Fsp3) is 0. The van der Waals surface area contributed by atoms with Crippen LogP contribution in [0.5, 0.6) is 11.6 Å². The smallest absolute Gasteiger partial charge is 0.220 e. The molecule has 0 saturated heterocycles. The van der Waals surface area contributed by atoms with Crippen LogP contribution >= 0.6 is 15.9 Å². The predicted octanol–water partition coefficient (Wildman–Crippen LogP) is 2.90. The summed E-state index contributed by atoms with van der Waals surface area (Å²) < 4.78 is 6.27. The number of rotatable bonds is 2. The molecule has 2 aromatic heterocycles. The second-order valence-electron chi connectivity index (χ2n) is 2.94. The summed E-state index contributed by atoms with van der Waals surface area (Å²) in [7, 11) is 0. The van der Waals surface area contributed by atoms with Crippen molar-refractivity contribution in [3.8, 4) is 17.7 Å². The molecule has 0 aromatic carbocycles. The van der Waals surface area contributed by atoms with E-state index in [1.165, 1.54) is 6.20 Å². The van der Waals surface area contributed by atoms with E-state index in [2.05, 4.69) is 25.9 Å². The Morgan fingerprint density at radius 2 is 2.19 bits per heavy atom. The summed E-state index contributed by atoms with van der Waals surface area (Å²) in [6.07, 6.45) is 4.76. The molecule has 4 nitrogen and oxygen atoms in total. The van der Waals surface area contributed by atoms with E-state index in [1.54, 1.807) is 30.6 Å². The van der Waals surface area contributed by atoms with Crippen LogP contribution in [0, 0.1) is 11.3 Å². The number of hydrogen-bond donors (Lipinski definition) is 0. The molecule has 0 aliphatic carbocycles. The number of nitriles is 1. The van der Waals surface area contributed by atoms with Crippen molar-refractivity contribution in [1.29, 1.82) is 5.26 Å². The summed E-state index contributed by atoms with van der Waals surface area (Å²) >= 11 is 3.29. The van der Waals surface area contributed by atoms with Crippen LogP contribution < -0.4 is 4.74 Å². The number of hydrogen-bond acceptors (Lipinski definition) is 4. The molecule has 0 bridgehead atoms. The first-order chi connectivity index (χ1) is 7.78. The first-order valence-electron chi connectivity index (χ1n) is 4.42. The van der Waals surface area contributed by atoms with Gasteiger partial charge in [0, 0.05) is 22.9 Å². The molecular weight excluding hydrogens is 270 g/mol. The van der Waals surface area contributed by atoms with Crippen molar-refractivity contribution in [2.45, 2.75) is 0 Å². The Morgan fingerprint density at radius 3 is 2.94 bits per heavy atom. The third-order valence-corrected chi connectivity index (χ3v) is 2.20. The highest BCUT2D eigenvalue weighted by Crippen LogP contribution is 2.21. The zero-order chi connectivity index (χ0) is 11.4. The van der Waals surface area contributed by atoms with E-state index in [-0.39, 0.29) is 0 Å². The molecule has 5 heteroatoms. The van der Waals surface area contributed by atoms with Gasteiger partial charge in [0.25, 0.3) is 0 Å². The van der Waals surface area contributed by atoms with Gasteiger partial charge in [-0.25, -0.2) is 4.98 Å². The van der Waals surface area contributed by atoms with Crippen LogP contribution in [0.15, 0.2) is 41.3 Å². The molecule has 16 heavy (non-hydrogen) atoms. The third-order valence-electron chi connectivity index (χ3n) is 1.77. The Bertz CT molecular complexity index is 551. The number of pyridine rings is 2. The highest BCUT2D eigenvalue weighted by atomic mass is 79.9. The number of halogens is 1. The van der Waals surface area contributed by atoms with E-state index in [9.17, 15) is 0 Å². The largest absolute Gasteiger partial charge is 0.437 e.